The molecule has 0 saturated heterocycles. The fourth-order valence-electron chi connectivity index (χ4n) is 1.84. The van der Waals surface area contributed by atoms with Gasteiger partial charge < -0.3 is 0 Å². The van der Waals surface area contributed by atoms with Crippen molar-refractivity contribution in [1.29, 1.82) is 5.26 Å². The Labute approximate surface area is 147 Å². The van der Waals surface area contributed by atoms with Crippen LogP contribution in [0.15, 0.2) is 51.8 Å². The van der Waals surface area contributed by atoms with Crippen LogP contribution in [0.3, 0.4) is 0 Å². The minimum absolute atomic E-state index is 0.165. The highest BCUT2D eigenvalue weighted by Gasteiger charge is 2.19. The van der Waals surface area contributed by atoms with E-state index in [0.717, 1.165) is 0 Å². The van der Waals surface area contributed by atoms with Crippen molar-refractivity contribution >= 4 is 43.5 Å². The van der Waals surface area contributed by atoms with Crippen LogP contribution in [0.25, 0.3) is 0 Å². The van der Waals surface area contributed by atoms with E-state index in [4.69, 9.17) is 16.9 Å². The maximum absolute atomic E-state index is 12.2. The lowest BCUT2D eigenvalue weighted by Gasteiger charge is -2.08. The molecule has 0 spiro atoms. The molecular weight excluding hydrogens is 404 g/mol. The predicted molar refractivity (Wildman–Crippen MR) is 89.3 cm³/mol. The second kappa shape index (κ2) is 7.13. The van der Waals surface area contributed by atoms with Crippen molar-refractivity contribution in [2.75, 3.05) is 0 Å². The van der Waals surface area contributed by atoms with Gasteiger partial charge in [-0.25, -0.2) is 13.1 Å². The summed E-state index contributed by atoms with van der Waals surface area (Å²) in [4.78, 5) is 11.8. The Morgan fingerprint density at radius 3 is 2.61 bits per heavy atom. The summed E-state index contributed by atoms with van der Waals surface area (Å²) < 4.78 is 26.9. The number of hydrogen-bond donors (Lipinski definition) is 1. The first kappa shape index (κ1) is 17.5. The molecule has 23 heavy (non-hydrogen) atoms. The molecule has 0 fully saturated rings. The number of carbonyl (C=O) groups excluding carboxylic acids is 1. The van der Waals surface area contributed by atoms with Crippen LogP contribution in [0.1, 0.15) is 11.1 Å². The smallest absolute Gasteiger partial charge is 0.264 e. The molecule has 0 unspecified atom stereocenters. The first-order valence-electron chi connectivity index (χ1n) is 6.31. The first-order valence-corrected chi connectivity index (χ1v) is 8.97. The van der Waals surface area contributed by atoms with Gasteiger partial charge in [-0.05, 0) is 29.8 Å². The van der Waals surface area contributed by atoms with Gasteiger partial charge in [0.05, 0.1) is 22.9 Å². The van der Waals surface area contributed by atoms with E-state index in [1.807, 2.05) is 10.8 Å². The van der Waals surface area contributed by atoms with Crippen molar-refractivity contribution < 1.29 is 13.2 Å². The molecule has 0 aliphatic carbocycles. The van der Waals surface area contributed by atoms with Gasteiger partial charge in [0.25, 0.3) is 10.0 Å². The Hall–Kier alpha value is -1.88. The zero-order valence-electron chi connectivity index (χ0n) is 11.6. The van der Waals surface area contributed by atoms with Crippen molar-refractivity contribution in [3.63, 3.8) is 0 Å². The fraction of sp³-hybridized carbons (Fsp3) is 0.0667. The Kier molecular flexibility index (Phi) is 5.42. The average Bonchev–Trinajstić information content (AvgIpc) is 2.48. The maximum atomic E-state index is 12.2. The average molecular weight is 414 g/mol. The van der Waals surface area contributed by atoms with Crippen LogP contribution >= 0.6 is 27.5 Å². The lowest BCUT2D eigenvalue weighted by Crippen LogP contribution is -2.32. The van der Waals surface area contributed by atoms with Crippen LogP contribution in [-0.2, 0) is 21.2 Å². The minimum atomic E-state index is -4.07. The summed E-state index contributed by atoms with van der Waals surface area (Å²) in [6.07, 6.45) is -0.169. The minimum Gasteiger partial charge on any atom is -0.274 e. The highest BCUT2D eigenvalue weighted by Crippen LogP contribution is 2.20. The maximum Gasteiger partial charge on any atom is 0.264 e. The van der Waals surface area contributed by atoms with Crippen molar-refractivity contribution in [3.8, 4) is 6.07 Å². The van der Waals surface area contributed by atoms with E-state index in [1.54, 1.807) is 24.3 Å². The highest BCUT2D eigenvalue weighted by molar-refractivity contribution is 9.10. The van der Waals surface area contributed by atoms with Gasteiger partial charge in [0, 0.05) is 9.50 Å². The molecule has 0 aliphatic heterocycles. The number of hydrogen-bond acceptors (Lipinski definition) is 4. The summed E-state index contributed by atoms with van der Waals surface area (Å²) in [7, 11) is -4.07. The zero-order chi connectivity index (χ0) is 17.0. The van der Waals surface area contributed by atoms with Crippen molar-refractivity contribution in [2.45, 2.75) is 11.3 Å². The van der Waals surface area contributed by atoms with Crippen molar-refractivity contribution in [3.05, 3.63) is 63.1 Å². The van der Waals surface area contributed by atoms with Crippen LogP contribution in [0.4, 0.5) is 0 Å². The summed E-state index contributed by atoms with van der Waals surface area (Å²) in [5.74, 6) is -0.711. The van der Waals surface area contributed by atoms with E-state index >= 15 is 0 Å². The normalized spacial score (nSPS) is 10.8. The van der Waals surface area contributed by atoms with Crippen molar-refractivity contribution in [1.82, 2.24) is 4.72 Å². The van der Waals surface area contributed by atoms with Gasteiger partial charge in [-0.15, -0.1) is 0 Å². The van der Waals surface area contributed by atoms with Gasteiger partial charge in [0.2, 0.25) is 5.91 Å². The molecule has 118 valence electrons. The monoisotopic (exact) mass is 412 g/mol. The SMILES string of the molecule is N#Cc1cc(Br)cc(S(=O)(=O)NC(=O)Cc2ccccc2Cl)c1. The van der Waals surface area contributed by atoms with Gasteiger partial charge >= 0.3 is 0 Å². The fourth-order valence-corrected chi connectivity index (χ4v) is 3.74. The molecule has 5 nitrogen and oxygen atoms in total. The van der Waals surface area contributed by atoms with E-state index in [1.165, 1.54) is 18.2 Å². The number of carbonyl (C=O) groups is 1. The van der Waals surface area contributed by atoms with E-state index in [-0.39, 0.29) is 16.9 Å². The van der Waals surface area contributed by atoms with Crippen LogP contribution < -0.4 is 4.72 Å². The third kappa shape index (κ3) is 4.55. The summed E-state index contributed by atoms with van der Waals surface area (Å²) in [5, 5.41) is 9.28. The molecule has 0 aromatic heterocycles. The number of halogens is 2. The lowest BCUT2D eigenvalue weighted by atomic mass is 10.1. The number of nitrogens with zero attached hydrogens (tertiary/aromatic N) is 1. The third-order valence-electron chi connectivity index (χ3n) is 2.87. The lowest BCUT2D eigenvalue weighted by molar-refractivity contribution is -0.118. The third-order valence-corrected chi connectivity index (χ3v) is 5.05. The van der Waals surface area contributed by atoms with Gasteiger partial charge in [-0.2, -0.15) is 5.26 Å². The summed E-state index contributed by atoms with van der Waals surface area (Å²) >= 11 is 9.08. The molecule has 8 heteroatoms. The van der Waals surface area contributed by atoms with Gasteiger partial charge in [-0.1, -0.05) is 45.7 Å². The largest absolute Gasteiger partial charge is 0.274 e. The molecule has 0 aliphatic rings. The Morgan fingerprint density at radius 1 is 1.26 bits per heavy atom. The molecule has 0 atom stereocenters. The molecule has 1 amide bonds. The summed E-state index contributed by atoms with van der Waals surface area (Å²) in [6.45, 7) is 0. The predicted octanol–water partition coefficient (Wildman–Crippen LogP) is 3.02. The second-order valence-electron chi connectivity index (χ2n) is 4.58. The van der Waals surface area contributed by atoms with E-state index < -0.39 is 15.9 Å². The van der Waals surface area contributed by atoms with Gasteiger partial charge in [0.1, 0.15) is 0 Å². The van der Waals surface area contributed by atoms with Gasteiger partial charge in [-0.3, -0.25) is 4.79 Å². The number of nitriles is 1. The Bertz CT molecular complexity index is 907. The van der Waals surface area contributed by atoms with E-state index in [2.05, 4.69) is 15.9 Å². The van der Waals surface area contributed by atoms with E-state index in [0.29, 0.717) is 15.1 Å². The standard InChI is InChI=1S/C15H10BrClN2O3S/c16-12-5-10(9-18)6-13(8-12)23(21,22)19-15(20)7-11-3-1-2-4-14(11)17/h1-6,8H,7H2,(H,19,20). The quantitative estimate of drug-likeness (QED) is 0.834. The Balaban J connectivity index is 2.22. The summed E-state index contributed by atoms with van der Waals surface area (Å²) in [5.41, 5.74) is 0.687. The zero-order valence-corrected chi connectivity index (χ0v) is 14.7. The molecule has 2 aromatic rings. The molecule has 2 rings (SSSR count). The highest BCUT2D eigenvalue weighted by atomic mass is 79.9. The number of sulfonamides is 1. The molecular formula is C15H10BrClN2O3S. The molecule has 0 radical (unpaired) electrons. The number of nitrogens with one attached hydrogen (secondary N) is 1. The molecule has 0 saturated carbocycles. The molecule has 1 N–H and O–H groups in total. The second-order valence-corrected chi connectivity index (χ2v) is 7.59. The molecule has 0 heterocycles. The first-order chi connectivity index (χ1) is 10.8. The molecule has 0 bridgehead atoms. The van der Waals surface area contributed by atoms with E-state index in [9.17, 15) is 13.2 Å². The van der Waals surface area contributed by atoms with Crippen LogP contribution in [0.5, 0.6) is 0 Å². The summed E-state index contributed by atoms with van der Waals surface area (Å²) in [6, 6.07) is 12.5. The number of amides is 1. The van der Waals surface area contributed by atoms with Crippen LogP contribution in [-0.4, -0.2) is 14.3 Å². The van der Waals surface area contributed by atoms with Crippen LogP contribution in [0, 0.1) is 11.3 Å². The number of benzene rings is 2. The Morgan fingerprint density at radius 2 is 1.96 bits per heavy atom. The number of rotatable bonds is 4. The van der Waals surface area contributed by atoms with Crippen molar-refractivity contribution in [2.24, 2.45) is 0 Å². The van der Waals surface area contributed by atoms with Gasteiger partial charge in [0.15, 0.2) is 0 Å². The molecule has 2 aromatic carbocycles. The van der Waals surface area contributed by atoms with Crippen LogP contribution in [0.2, 0.25) is 5.02 Å². The topological polar surface area (TPSA) is 87.0 Å².